The van der Waals surface area contributed by atoms with E-state index in [0.29, 0.717) is 12.0 Å². The van der Waals surface area contributed by atoms with Gasteiger partial charge in [0.15, 0.2) is 0 Å². The molecule has 4 unspecified atom stereocenters. The van der Waals surface area contributed by atoms with Gasteiger partial charge in [-0.1, -0.05) is 6.92 Å². The Morgan fingerprint density at radius 3 is 2.50 bits per heavy atom. The van der Waals surface area contributed by atoms with Crippen molar-refractivity contribution in [2.75, 3.05) is 6.54 Å². The smallest absolute Gasteiger partial charge is 0.322 e. The van der Waals surface area contributed by atoms with Crippen LogP contribution in [0, 0.1) is 5.92 Å². The van der Waals surface area contributed by atoms with Gasteiger partial charge in [0.05, 0.1) is 0 Å². The Morgan fingerprint density at radius 1 is 1.57 bits per heavy atom. The van der Waals surface area contributed by atoms with Gasteiger partial charge in [0.25, 0.3) is 0 Å². The number of likely N-dealkylation sites (tertiary alicyclic amines) is 1. The molecule has 1 aliphatic heterocycles. The summed E-state index contributed by atoms with van der Waals surface area (Å²) in [7, 11) is 0. The van der Waals surface area contributed by atoms with E-state index in [4.69, 9.17) is 10.8 Å². The van der Waals surface area contributed by atoms with E-state index in [2.05, 4.69) is 18.7 Å². The molecule has 14 heavy (non-hydrogen) atoms. The molecule has 82 valence electrons. The molecule has 3 N–H and O–H groups in total. The molecular formula is C10H20N2O2. The van der Waals surface area contributed by atoms with E-state index < -0.39 is 12.0 Å². The van der Waals surface area contributed by atoms with Gasteiger partial charge in [-0.3, -0.25) is 9.69 Å². The van der Waals surface area contributed by atoms with Crippen LogP contribution in [0.1, 0.15) is 27.2 Å². The highest BCUT2D eigenvalue weighted by molar-refractivity contribution is 5.74. The number of nitrogens with zero attached hydrogens (tertiary/aromatic N) is 1. The van der Waals surface area contributed by atoms with Crippen LogP contribution in [0.5, 0.6) is 0 Å². The van der Waals surface area contributed by atoms with Crippen molar-refractivity contribution in [3.8, 4) is 0 Å². The van der Waals surface area contributed by atoms with Crippen LogP contribution in [0.4, 0.5) is 0 Å². The van der Waals surface area contributed by atoms with E-state index in [1.54, 1.807) is 0 Å². The first-order valence-electron chi connectivity index (χ1n) is 5.19. The van der Waals surface area contributed by atoms with Gasteiger partial charge in [0.2, 0.25) is 0 Å². The molecule has 1 aliphatic rings. The summed E-state index contributed by atoms with van der Waals surface area (Å²) in [5.74, 6) is -0.275. The quantitative estimate of drug-likeness (QED) is 0.697. The zero-order chi connectivity index (χ0) is 10.9. The van der Waals surface area contributed by atoms with Gasteiger partial charge in [-0.2, -0.15) is 0 Å². The van der Waals surface area contributed by atoms with Gasteiger partial charge in [-0.05, 0) is 32.7 Å². The molecule has 0 aromatic heterocycles. The van der Waals surface area contributed by atoms with Gasteiger partial charge < -0.3 is 10.8 Å². The molecule has 0 aliphatic carbocycles. The molecule has 0 spiro atoms. The summed E-state index contributed by atoms with van der Waals surface area (Å²) in [4.78, 5) is 12.9. The Bertz CT molecular complexity index is 220. The third kappa shape index (κ3) is 2.07. The van der Waals surface area contributed by atoms with E-state index in [1.807, 2.05) is 6.92 Å². The summed E-state index contributed by atoms with van der Waals surface area (Å²) in [5, 5.41) is 8.81. The van der Waals surface area contributed by atoms with Crippen molar-refractivity contribution in [1.29, 1.82) is 0 Å². The zero-order valence-electron chi connectivity index (χ0n) is 9.10. The molecule has 0 aromatic rings. The van der Waals surface area contributed by atoms with Gasteiger partial charge >= 0.3 is 5.97 Å². The van der Waals surface area contributed by atoms with Crippen molar-refractivity contribution in [2.24, 2.45) is 11.7 Å². The minimum absolute atomic E-state index is 0.0764. The van der Waals surface area contributed by atoms with Crippen LogP contribution in [-0.2, 0) is 4.79 Å². The van der Waals surface area contributed by atoms with Crippen LogP contribution in [0.3, 0.4) is 0 Å². The number of carboxylic acid groups (broad SMARTS) is 1. The average Bonchev–Trinajstić information content (AvgIpc) is 2.45. The first-order valence-corrected chi connectivity index (χ1v) is 5.19. The van der Waals surface area contributed by atoms with Crippen molar-refractivity contribution in [3.63, 3.8) is 0 Å². The summed E-state index contributed by atoms with van der Waals surface area (Å²) >= 11 is 0. The summed E-state index contributed by atoms with van der Waals surface area (Å²) in [6.07, 6.45) is 1.14. The molecular weight excluding hydrogens is 180 g/mol. The van der Waals surface area contributed by atoms with Gasteiger partial charge in [-0.25, -0.2) is 0 Å². The van der Waals surface area contributed by atoms with Gasteiger partial charge in [0.1, 0.15) is 6.04 Å². The number of carboxylic acids is 1. The molecule has 0 bridgehead atoms. The number of hydrogen-bond donors (Lipinski definition) is 2. The standard InChI is InChI=1S/C10H20N2O2/c1-6-4-5-12(7(6)2)8(3)9(11)10(13)14/h6-9H,4-5,11H2,1-3H3,(H,13,14). The van der Waals surface area contributed by atoms with Crippen LogP contribution in [0.25, 0.3) is 0 Å². The third-order valence-electron chi connectivity index (χ3n) is 3.52. The van der Waals surface area contributed by atoms with E-state index in [9.17, 15) is 4.79 Å². The molecule has 4 heteroatoms. The molecule has 0 saturated carbocycles. The average molecular weight is 200 g/mol. The normalized spacial score (nSPS) is 32.9. The summed E-state index contributed by atoms with van der Waals surface area (Å²) in [6, 6.07) is -0.411. The Balaban J connectivity index is 2.61. The SMILES string of the molecule is CC1CCN(C(C)C(N)C(=O)O)C1C. The lowest BCUT2D eigenvalue weighted by molar-refractivity contribution is -0.140. The van der Waals surface area contributed by atoms with Gasteiger partial charge in [-0.15, -0.1) is 0 Å². The molecule has 1 fully saturated rings. The number of nitrogens with two attached hydrogens (primary N) is 1. The lowest BCUT2D eigenvalue weighted by atomic mass is 10.0. The topological polar surface area (TPSA) is 66.6 Å². The Morgan fingerprint density at radius 2 is 2.14 bits per heavy atom. The fourth-order valence-corrected chi connectivity index (χ4v) is 2.11. The highest BCUT2D eigenvalue weighted by Gasteiger charge is 2.34. The van der Waals surface area contributed by atoms with Crippen molar-refractivity contribution >= 4 is 5.97 Å². The molecule has 1 rings (SSSR count). The first kappa shape index (κ1) is 11.5. The molecule has 1 heterocycles. The van der Waals surface area contributed by atoms with Crippen LogP contribution in [-0.4, -0.2) is 40.6 Å². The highest BCUT2D eigenvalue weighted by Crippen LogP contribution is 2.25. The second-order valence-electron chi connectivity index (χ2n) is 4.35. The van der Waals surface area contributed by atoms with E-state index in [-0.39, 0.29) is 6.04 Å². The van der Waals surface area contributed by atoms with Crippen molar-refractivity contribution in [1.82, 2.24) is 4.90 Å². The van der Waals surface area contributed by atoms with Crippen LogP contribution in [0.2, 0.25) is 0 Å². The van der Waals surface area contributed by atoms with E-state index >= 15 is 0 Å². The predicted octanol–water partition coefficient (Wildman–Crippen LogP) is 0.517. The fourth-order valence-electron chi connectivity index (χ4n) is 2.11. The summed E-state index contributed by atoms with van der Waals surface area (Å²) in [6.45, 7) is 7.20. The number of aliphatic carboxylic acids is 1. The Hall–Kier alpha value is -0.610. The maximum absolute atomic E-state index is 10.7. The largest absolute Gasteiger partial charge is 0.480 e. The van der Waals surface area contributed by atoms with Crippen LogP contribution < -0.4 is 5.73 Å². The van der Waals surface area contributed by atoms with E-state index in [0.717, 1.165) is 13.0 Å². The van der Waals surface area contributed by atoms with E-state index in [1.165, 1.54) is 0 Å². The minimum Gasteiger partial charge on any atom is -0.480 e. The second kappa shape index (κ2) is 4.28. The highest BCUT2D eigenvalue weighted by atomic mass is 16.4. The van der Waals surface area contributed by atoms with Crippen molar-refractivity contribution < 1.29 is 9.90 Å². The number of rotatable bonds is 3. The first-order chi connectivity index (χ1) is 6.45. The monoisotopic (exact) mass is 200 g/mol. The minimum atomic E-state index is -0.913. The molecule has 0 amide bonds. The molecule has 1 saturated heterocycles. The van der Waals surface area contributed by atoms with Crippen molar-refractivity contribution in [3.05, 3.63) is 0 Å². The Kier molecular flexibility index (Phi) is 3.50. The molecule has 0 radical (unpaired) electrons. The molecule has 4 nitrogen and oxygen atoms in total. The summed E-state index contributed by atoms with van der Waals surface area (Å²) in [5.41, 5.74) is 5.61. The lowest BCUT2D eigenvalue weighted by Gasteiger charge is -2.31. The Labute approximate surface area is 85.1 Å². The lowest BCUT2D eigenvalue weighted by Crippen LogP contribution is -2.51. The zero-order valence-corrected chi connectivity index (χ0v) is 9.10. The number of hydrogen-bond acceptors (Lipinski definition) is 3. The fraction of sp³-hybridized carbons (Fsp3) is 0.900. The molecule has 4 atom stereocenters. The van der Waals surface area contributed by atoms with Crippen molar-refractivity contribution in [2.45, 2.75) is 45.3 Å². The summed E-state index contributed by atoms with van der Waals surface area (Å²) < 4.78 is 0. The number of carbonyl (C=O) groups is 1. The molecule has 0 aromatic carbocycles. The second-order valence-corrected chi connectivity index (χ2v) is 4.35. The van der Waals surface area contributed by atoms with Gasteiger partial charge in [0, 0.05) is 12.1 Å². The maximum Gasteiger partial charge on any atom is 0.322 e. The van der Waals surface area contributed by atoms with Crippen LogP contribution >= 0.6 is 0 Å². The van der Waals surface area contributed by atoms with Crippen LogP contribution in [0.15, 0.2) is 0 Å². The maximum atomic E-state index is 10.7. The predicted molar refractivity (Wildman–Crippen MR) is 55.0 cm³/mol. The third-order valence-corrected chi connectivity index (χ3v) is 3.52.